The van der Waals surface area contributed by atoms with Gasteiger partial charge in [0.2, 0.25) is 5.91 Å². The fourth-order valence-electron chi connectivity index (χ4n) is 2.40. The van der Waals surface area contributed by atoms with Gasteiger partial charge in [-0.1, -0.05) is 23.2 Å². The fourth-order valence-corrected chi connectivity index (χ4v) is 2.76. The fraction of sp³-hybridized carbons (Fsp3) is 0.0588. The highest BCUT2D eigenvalue weighted by molar-refractivity contribution is 6.44. The molecule has 0 saturated heterocycles. The number of nitrogens with two attached hydrogens (primary N) is 1. The second-order valence-electron chi connectivity index (χ2n) is 5.28. The van der Waals surface area contributed by atoms with Gasteiger partial charge in [-0.2, -0.15) is 0 Å². The lowest BCUT2D eigenvalue weighted by Crippen LogP contribution is -2.16. The van der Waals surface area contributed by atoms with Gasteiger partial charge >= 0.3 is 0 Å². The lowest BCUT2D eigenvalue weighted by atomic mass is 10.1. The number of furan rings is 1. The summed E-state index contributed by atoms with van der Waals surface area (Å²) in [5.41, 5.74) is 6.01. The molecule has 0 saturated carbocycles. The third-order valence-corrected chi connectivity index (χ3v) is 4.37. The smallest absolute Gasteiger partial charge is 0.251 e. The Morgan fingerprint density at radius 1 is 1.20 bits per heavy atom. The van der Waals surface area contributed by atoms with Crippen LogP contribution in [0.4, 0.5) is 10.1 Å². The van der Waals surface area contributed by atoms with Crippen LogP contribution < -0.4 is 11.1 Å². The van der Waals surface area contributed by atoms with E-state index in [1.54, 1.807) is 12.1 Å². The zero-order chi connectivity index (χ0) is 18.1. The van der Waals surface area contributed by atoms with Gasteiger partial charge < -0.3 is 15.5 Å². The van der Waals surface area contributed by atoms with Gasteiger partial charge in [-0.25, -0.2) is 4.39 Å². The molecule has 5 nitrogen and oxygen atoms in total. The van der Waals surface area contributed by atoms with E-state index in [1.807, 2.05) is 0 Å². The van der Waals surface area contributed by atoms with Gasteiger partial charge in [-0.3, -0.25) is 9.59 Å². The van der Waals surface area contributed by atoms with Crippen LogP contribution in [0.3, 0.4) is 0 Å². The Hall–Kier alpha value is -2.57. The molecule has 0 aliphatic heterocycles. The van der Waals surface area contributed by atoms with Crippen molar-refractivity contribution in [2.24, 2.45) is 5.73 Å². The SMILES string of the molecule is NC(=O)c1ccc(NC(=O)Cc2coc3c(Cl)c(Cl)ccc23)cc1F. The topological polar surface area (TPSA) is 85.3 Å². The van der Waals surface area contributed by atoms with Crippen molar-refractivity contribution in [2.45, 2.75) is 6.42 Å². The first-order chi connectivity index (χ1) is 11.9. The second kappa shape index (κ2) is 6.74. The van der Waals surface area contributed by atoms with Gasteiger partial charge in [0.15, 0.2) is 5.58 Å². The van der Waals surface area contributed by atoms with Gasteiger partial charge in [-0.05, 0) is 30.3 Å². The minimum atomic E-state index is -0.879. The highest BCUT2D eigenvalue weighted by Crippen LogP contribution is 2.33. The maximum absolute atomic E-state index is 13.7. The zero-order valence-electron chi connectivity index (χ0n) is 12.6. The van der Waals surface area contributed by atoms with Crippen molar-refractivity contribution in [3.05, 3.63) is 63.6 Å². The van der Waals surface area contributed by atoms with E-state index in [4.69, 9.17) is 33.4 Å². The van der Waals surface area contributed by atoms with Crippen molar-refractivity contribution in [3.8, 4) is 0 Å². The predicted molar refractivity (Wildman–Crippen MR) is 93.5 cm³/mol. The summed E-state index contributed by atoms with van der Waals surface area (Å²) >= 11 is 12.0. The molecule has 3 N–H and O–H groups in total. The maximum Gasteiger partial charge on any atom is 0.251 e. The normalized spacial score (nSPS) is 10.8. The Balaban J connectivity index is 1.78. The van der Waals surface area contributed by atoms with E-state index >= 15 is 0 Å². The van der Waals surface area contributed by atoms with E-state index in [0.717, 1.165) is 6.07 Å². The Morgan fingerprint density at radius 3 is 2.64 bits per heavy atom. The molecule has 2 aromatic carbocycles. The van der Waals surface area contributed by atoms with Crippen molar-refractivity contribution < 1.29 is 18.4 Å². The van der Waals surface area contributed by atoms with Gasteiger partial charge in [0.1, 0.15) is 10.8 Å². The third-order valence-electron chi connectivity index (χ3n) is 3.58. The second-order valence-corrected chi connectivity index (χ2v) is 6.07. The van der Waals surface area contributed by atoms with Gasteiger partial charge in [0.05, 0.1) is 23.3 Å². The molecule has 0 aliphatic carbocycles. The Bertz CT molecular complexity index is 1000. The molecule has 1 aromatic heterocycles. The molecule has 2 amide bonds. The number of anilines is 1. The number of carbonyl (C=O) groups is 2. The average Bonchev–Trinajstić information content (AvgIpc) is 2.94. The number of primary amides is 1. The number of hydrogen-bond acceptors (Lipinski definition) is 3. The van der Waals surface area contributed by atoms with Crippen LogP contribution in [-0.4, -0.2) is 11.8 Å². The van der Waals surface area contributed by atoms with Crippen LogP contribution in [0, 0.1) is 5.82 Å². The number of hydrogen-bond donors (Lipinski definition) is 2. The highest BCUT2D eigenvalue weighted by Gasteiger charge is 2.15. The molecule has 3 rings (SSSR count). The van der Waals surface area contributed by atoms with Crippen LogP contribution in [0.2, 0.25) is 10.0 Å². The van der Waals surface area contributed by atoms with Crippen molar-refractivity contribution in [3.63, 3.8) is 0 Å². The van der Waals surface area contributed by atoms with Crippen molar-refractivity contribution in [1.29, 1.82) is 0 Å². The summed E-state index contributed by atoms with van der Waals surface area (Å²) in [4.78, 5) is 23.2. The molecular formula is C17H11Cl2FN2O3. The monoisotopic (exact) mass is 380 g/mol. The van der Waals surface area contributed by atoms with E-state index in [9.17, 15) is 14.0 Å². The number of rotatable bonds is 4. The van der Waals surface area contributed by atoms with E-state index in [-0.39, 0.29) is 28.6 Å². The van der Waals surface area contributed by atoms with Gasteiger partial charge in [0, 0.05) is 16.6 Å². The zero-order valence-corrected chi connectivity index (χ0v) is 14.1. The Kier molecular flexibility index (Phi) is 4.65. The number of nitrogens with one attached hydrogen (secondary N) is 1. The Morgan fingerprint density at radius 2 is 1.96 bits per heavy atom. The first-order valence-electron chi connectivity index (χ1n) is 7.10. The lowest BCUT2D eigenvalue weighted by Gasteiger charge is -2.06. The molecule has 0 spiro atoms. The summed E-state index contributed by atoms with van der Waals surface area (Å²) in [6.45, 7) is 0. The lowest BCUT2D eigenvalue weighted by molar-refractivity contribution is -0.115. The quantitative estimate of drug-likeness (QED) is 0.712. The number of benzene rings is 2. The molecule has 3 aromatic rings. The summed E-state index contributed by atoms with van der Waals surface area (Å²) in [6.07, 6.45) is 1.41. The summed E-state index contributed by atoms with van der Waals surface area (Å²) in [7, 11) is 0. The maximum atomic E-state index is 13.7. The van der Waals surface area contributed by atoms with E-state index in [2.05, 4.69) is 5.32 Å². The van der Waals surface area contributed by atoms with Gasteiger partial charge in [-0.15, -0.1) is 0 Å². The third kappa shape index (κ3) is 3.45. The van der Waals surface area contributed by atoms with Crippen LogP contribution in [-0.2, 0) is 11.2 Å². The van der Waals surface area contributed by atoms with Crippen LogP contribution in [0.25, 0.3) is 11.0 Å². The van der Waals surface area contributed by atoms with Crippen molar-refractivity contribution in [2.75, 3.05) is 5.32 Å². The standard InChI is InChI=1S/C17H11Cl2FN2O3/c18-12-4-3-10-8(7-25-16(10)15(12)19)5-14(23)22-9-1-2-11(17(21)24)13(20)6-9/h1-4,6-7H,5H2,(H2,21,24)(H,22,23). The van der Waals surface area contributed by atoms with Crippen LogP contribution in [0.5, 0.6) is 0 Å². The Labute approximate surface area is 151 Å². The number of amides is 2. The first kappa shape index (κ1) is 17.3. The minimum absolute atomic E-state index is 0.00977. The predicted octanol–water partition coefficient (Wildman–Crippen LogP) is 4.16. The molecule has 128 valence electrons. The minimum Gasteiger partial charge on any atom is -0.462 e. The molecule has 0 fully saturated rings. The van der Waals surface area contributed by atoms with Gasteiger partial charge in [0.25, 0.3) is 5.91 Å². The molecule has 0 aliphatic rings. The number of fused-ring (bicyclic) bond motifs is 1. The number of halogens is 3. The molecular weight excluding hydrogens is 370 g/mol. The summed E-state index contributed by atoms with van der Waals surface area (Å²) in [6, 6.07) is 6.95. The van der Waals surface area contributed by atoms with Crippen LogP contribution in [0.15, 0.2) is 41.0 Å². The van der Waals surface area contributed by atoms with E-state index in [0.29, 0.717) is 21.6 Å². The van der Waals surface area contributed by atoms with Crippen molar-refractivity contribution in [1.82, 2.24) is 0 Å². The molecule has 0 unspecified atom stereocenters. The molecule has 1 heterocycles. The summed E-state index contributed by atoms with van der Waals surface area (Å²) in [5, 5.41) is 3.84. The average molecular weight is 381 g/mol. The van der Waals surface area contributed by atoms with Crippen molar-refractivity contribution >= 4 is 51.7 Å². The summed E-state index contributed by atoms with van der Waals surface area (Å²) in [5.74, 6) is -2.07. The van der Waals surface area contributed by atoms with Crippen LogP contribution in [0.1, 0.15) is 15.9 Å². The molecule has 0 atom stereocenters. The molecule has 8 heteroatoms. The molecule has 25 heavy (non-hydrogen) atoms. The molecule has 0 bridgehead atoms. The highest BCUT2D eigenvalue weighted by atomic mass is 35.5. The molecule has 0 radical (unpaired) electrons. The number of carbonyl (C=O) groups excluding carboxylic acids is 2. The first-order valence-corrected chi connectivity index (χ1v) is 7.85. The van der Waals surface area contributed by atoms with E-state index in [1.165, 1.54) is 18.4 Å². The van der Waals surface area contributed by atoms with Crippen LogP contribution >= 0.6 is 23.2 Å². The summed E-state index contributed by atoms with van der Waals surface area (Å²) < 4.78 is 19.1. The largest absolute Gasteiger partial charge is 0.462 e. The van der Waals surface area contributed by atoms with E-state index < -0.39 is 11.7 Å².